The lowest BCUT2D eigenvalue weighted by Gasteiger charge is -2.23. The molecule has 5 nitrogen and oxygen atoms in total. The van der Waals surface area contributed by atoms with Crippen molar-refractivity contribution in [3.63, 3.8) is 0 Å². The Hall–Kier alpha value is -2.71. The van der Waals surface area contributed by atoms with Gasteiger partial charge in [0.2, 0.25) is 0 Å². The van der Waals surface area contributed by atoms with Gasteiger partial charge in [-0.3, -0.25) is 9.36 Å². The quantitative estimate of drug-likeness (QED) is 0.540. The number of thiazole rings is 1. The zero-order chi connectivity index (χ0) is 23.2. The number of nitriles is 2. The molecule has 0 bridgehead atoms. The highest BCUT2D eigenvalue weighted by Gasteiger charge is 2.33. The molecule has 0 aliphatic carbocycles. The topological polar surface area (TPSA) is 95.6 Å². The van der Waals surface area contributed by atoms with Crippen LogP contribution in [0.25, 0.3) is 17.5 Å². The van der Waals surface area contributed by atoms with Crippen LogP contribution in [-0.4, -0.2) is 4.57 Å². The van der Waals surface area contributed by atoms with Gasteiger partial charge in [0, 0.05) is 20.1 Å². The Morgan fingerprint density at radius 3 is 2.19 bits per heavy atom. The summed E-state index contributed by atoms with van der Waals surface area (Å²) in [5, 5.41) is 21.4. The molecule has 0 spiro atoms. The number of halogens is 4. The van der Waals surface area contributed by atoms with Crippen LogP contribution >= 0.6 is 57.7 Å². The van der Waals surface area contributed by atoms with Gasteiger partial charge in [-0.05, 0) is 41.5 Å². The van der Waals surface area contributed by atoms with Crippen LogP contribution in [0.15, 0.2) is 46.8 Å². The highest BCUT2D eigenvalue weighted by Crippen LogP contribution is 2.39. The van der Waals surface area contributed by atoms with Crippen LogP contribution in [-0.2, 0) is 0 Å². The smallest absolute Gasteiger partial charge is 0.274 e. The van der Waals surface area contributed by atoms with Crippen LogP contribution in [0.2, 0.25) is 20.1 Å². The van der Waals surface area contributed by atoms with Crippen LogP contribution in [0.4, 0.5) is 0 Å². The highest BCUT2D eigenvalue weighted by molar-refractivity contribution is 7.07. The number of rotatable bonds is 2. The monoisotopic (exact) mass is 518 g/mol. The molecule has 158 valence electrons. The second kappa shape index (κ2) is 8.67. The summed E-state index contributed by atoms with van der Waals surface area (Å²) < 4.78 is 1.79. The van der Waals surface area contributed by atoms with Gasteiger partial charge in [-0.2, -0.15) is 10.5 Å². The third kappa shape index (κ3) is 3.71. The number of hydrogen-bond donors (Lipinski definition) is 1. The van der Waals surface area contributed by atoms with E-state index in [1.54, 1.807) is 36.4 Å². The van der Waals surface area contributed by atoms with Crippen LogP contribution in [0, 0.1) is 22.7 Å². The summed E-state index contributed by atoms with van der Waals surface area (Å²) in [6.07, 6.45) is 1.59. The molecule has 0 saturated carbocycles. The first-order chi connectivity index (χ1) is 15.3. The van der Waals surface area contributed by atoms with E-state index >= 15 is 0 Å². The van der Waals surface area contributed by atoms with Gasteiger partial charge < -0.3 is 5.73 Å². The van der Waals surface area contributed by atoms with E-state index in [-0.39, 0.29) is 22.0 Å². The predicted octanol–water partition coefficient (Wildman–Crippen LogP) is 4.47. The molecule has 1 aromatic heterocycles. The van der Waals surface area contributed by atoms with Crippen LogP contribution < -0.4 is 20.5 Å². The first-order valence-electron chi connectivity index (χ1n) is 8.94. The van der Waals surface area contributed by atoms with E-state index in [9.17, 15) is 15.3 Å². The number of nitrogens with zero attached hydrogens (tertiary/aromatic N) is 3. The summed E-state index contributed by atoms with van der Waals surface area (Å²) >= 11 is 25.7. The number of nitrogens with two attached hydrogens (primary N) is 1. The molecule has 2 aromatic carbocycles. The molecule has 1 atom stereocenters. The minimum atomic E-state index is -0.834. The van der Waals surface area contributed by atoms with Gasteiger partial charge in [-0.25, -0.2) is 0 Å². The highest BCUT2D eigenvalue weighted by atomic mass is 35.5. The van der Waals surface area contributed by atoms with Gasteiger partial charge in [0.15, 0.2) is 0 Å². The molecule has 0 fully saturated rings. The van der Waals surface area contributed by atoms with Gasteiger partial charge in [0.05, 0.1) is 33.7 Å². The Morgan fingerprint density at radius 1 is 0.969 bits per heavy atom. The molecule has 2 heterocycles. The first kappa shape index (κ1) is 22.5. The van der Waals surface area contributed by atoms with E-state index < -0.39 is 11.5 Å². The summed E-state index contributed by atoms with van der Waals surface area (Å²) in [5.41, 5.74) is 7.10. The summed E-state index contributed by atoms with van der Waals surface area (Å²) in [7, 11) is 0. The normalized spacial score (nSPS) is 16.0. The van der Waals surface area contributed by atoms with Gasteiger partial charge in [0.25, 0.3) is 5.56 Å². The van der Waals surface area contributed by atoms with E-state index in [4.69, 9.17) is 52.1 Å². The van der Waals surface area contributed by atoms with Gasteiger partial charge >= 0.3 is 0 Å². The Bertz CT molecular complexity index is 1590. The Balaban J connectivity index is 2.07. The van der Waals surface area contributed by atoms with Crippen molar-refractivity contribution in [3.05, 3.63) is 92.7 Å². The van der Waals surface area contributed by atoms with E-state index in [0.717, 1.165) is 11.3 Å². The summed E-state index contributed by atoms with van der Waals surface area (Å²) in [6.45, 7) is 0. The largest absolute Gasteiger partial charge is 0.384 e. The molecule has 32 heavy (non-hydrogen) atoms. The maximum absolute atomic E-state index is 13.2. The molecule has 10 heteroatoms. The van der Waals surface area contributed by atoms with Crippen LogP contribution in [0.1, 0.15) is 17.0 Å². The van der Waals surface area contributed by atoms with Gasteiger partial charge in [-0.15, -0.1) is 11.3 Å². The van der Waals surface area contributed by atoms with Gasteiger partial charge in [-0.1, -0.05) is 58.5 Å². The Morgan fingerprint density at radius 2 is 1.59 bits per heavy atom. The zero-order valence-electron chi connectivity index (χ0n) is 15.9. The van der Waals surface area contributed by atoms with Crippen molar-refractivity contribution >= 4 is 75.2 Å². The van der Waals surface area contributed by atoms with Crippen molar-refractivity contribution < 1.29 is 0 Å². The maximum Gasteiger partial charge on any atom is 0.274 e. The predicted molar refractivity (Wildman–Crippen MR) is 129 cm³/mol. The Labute approximate surface area is 206 Å². The third-order valence-electron chi connectivity index (χ3n) is 4.91. The molecular formula is C22H10Cl4N4OS. The fraction of sp³-hybridized carbons (Fsp3) is 0.0455. The average molecular weight is 520 g/mol. The fourth-order valence-corrected chi connectivity index (χ4v) is 5.56. The fourth-order valence-electron chi connectivity index (χ4n) is 3.46. The van der Waals surface area contributed by atoms with E-state index in [1.807, 2.05) is 6.07 Å². The molecule has 1 aliphatic rings. The summed E-state index contributed by atoms with van der Waals surface area (Å²) in [6, 6.07) is 13.8. The lowest BCUT2D eigenvalue weighted by Crippen LogP contribution is -2.38. The second-order valence-corrected chi connectivity index (χ2v) is 9.48. The molecule has 2 N–H and O–H groups in total. The number of hydrogen-bond acceptors (Lipinski definition) is 5. The minimum absolute atomic E-state index is 0.0502. The number of aromatic nitrogens is 1. The molecule has 0 radical (unpaired) electrons. The number of benzene rings is 2. The molecule has 1 aliphatic heterocycles. The molecule has 0 unspecified atom stereocenters. The SMILES string of the molecule is N#CC1=C(N)n2c(s/c(=C\c3ccc(Cl)cc3Cl)c2=O)=C(C#N)[C@H]1c1ccc(Cl)cc1Cl. The minimum Gasteiger partial charge on any atom is -0.384 e. The number of allylic oxidation sites excluding steroid dienone is 1. The van der Waals surface area contributed by atoms with Crippen molar-refractivity contribution in [2.75, 3.05) is 0 Å². The zero-order valence-corrected chi connectivity index (χ0v) is 19.7. The summed E-state index contributed by atoms with van der Waals surface area (Å²) in [5.74, 6) is -0.889. The average Bonchev–Trinajstić information content (AvgIpc) is 3.06. The van der Waals surface area contributed by atoms with Crippen molar-refractivity contribution in [2.24, 2.45) is 5.73 Å². The second-order valence-electron chi connectivity index (χ2n) is 6.76. The Kier molecular flexibility index (Phi) is 6.09. The van der Waals surface area contributed by atoms with E-state index in [0.29, 0.717) is 35.4 Å². The first-order valence-corrected chi connectivity index (χ1v) is 11.3. The molecular weight excluding hydrogens is 510 g/mol. The van der Waals surface area contributed by atoms with Crippen molar-refractivity contribution in [1.82, 2.24) is 4.57 Å². The van der Waals surface area contributed by atoms with Crippen LogP contribution in [0.3, 0.4) is 0 Å². The van der Waals surface area contributed by atoms with Crippen molar-refractivity contribution in [3.8, 4) is 12.1 Å². The van der Waals surface area contributed by atoms with Gasteiger partial charge in [0.1, 0.15) is 10.5 Å². The molecule has 0 amide bonds. The molecule has 4 rings (SSSR count). The van der Waals surface area contributed by atoms with Crippen molar-refractivity contribution in [1.29, 1.82) is 10.5 Å². The summed E-state index contributed by atoms with van der Waals surface area (Å²) in [4.78, 5) is 13.2. The van der Waals surface area contributed by atoms with Crippen molar-refractivity contribution in [2.45, 2.75) is 5.92 Å². The number of fused-ring (bicyclic) bond motifs is 1. The molecule has 3 aromatic rings. The third-order valence-corrected chi connectivity index (χ3v) is 7.14. The maximum atomic E-state index is 13.2. The lowest BCUT2D eigenvalue weighted by molar-refractivity contribution is 0.906. The molecule has 0 saturated heterocycles. The standard InChI is InChI=1S/C22H10Cl4N4OS/c23-11-2-1-10(16(25)6-11)5-18-21(31)30-20(29)14(8-27)19(15(9-28)22(30)32-18)13-4-3-12(24)7-17(13)26/h1-7,19H,29H2/b18-5-/t19-/m0/s1. The lowest BCUT2D eigenvalue weighted by atomic mass is 9.84. The van der Waals surface area contributed by atoms with E-state index in [2.05, 4.69) is 6.07 Å². The van der Waals surface area contributed by atoms with Crippen LogP contribution in [0.5, 0.6) is 0 Å². The van der Waals surface area contributed by atoms with E-state index in [1.165, 1.54) is 10.6 Å².